The molecule has 1 rings (SSSR count). The van der Waals surface area contributed by atoms with Crippen molar-refractivity contribution in [2.45, 2.75) is 137 Å². The number of carbonyl (C=O) groups excluding carboxylic acids is 1. The molecule has 1 aliphatic rings. The molecule has 3 atom stereocenters. The summed E-state index contributed by atoms with van der Waals surface area (Å²) >= 11 is 0. The van der Waals surface area contributed by atoms with Gasteiger partial charge < -0.3 is 9.84 Å². The van der Waals surface area contributed by atoms with Gasteiger partial charge in [0.05, 0.1) is 11.8 Å². The summed E-state index contributed by atoms with van der Waals surface area (Å²) in [6.07, 6.45) is 17.5. The first kappa shape index (κ1) is 28.0. The summed E-state index contributed by atoms with van der Waals surface area (Å²) in [5, 5.41) is 9.48. The van der Waals surface area contributed by atoms with Gasteiger partial charge in [0.1, 0.15) is 6.10 Å². The molecule has 0 amide bonds. The molecule has 1 saturated carbocycles. The first-order valence-electron chi connectivity index (χ1n) is 13.2. The van der Waals surface area contributed by atoms with Crippen LogP contribution in [0.1, 0.15) is 130 Å². The van der Waals surface area contributed by atoms with Crippen molar-refractivity contribution in [2.75, 3.05) is 0 Å². The highest BCUT2D eigenvalue weighted by Crippen LogP contribution is 2.32. The third-order valence-corrected chi connectivity index (χ3v) is 6.79. The molecule has 0 spiro atoms. The second-order valence-corrected chi connectivity index (χ2v) is 10.7. The summed E-state index contributed by atoms with van der Waals surface area (Å²) in [5.74, 6) is -0.716. The molecule has 0 saturated heterocycles. The Morgan fingerprint density at radius 1 is 0.710 bits per heavy atom. The summed E-state index contributed by atoms with van der Waals surface area (Å²) in [4.78, 5) is 24.3. The second kappa shape index (κ2) is 16.6. The van der Waals surface area contributed by atoms with Crippen LogP contribution in [0.3, 0.4) is 0 Å². The van der Waals surface area contributed by atoms with Gasteiger partial charge in [-0.1, -0.05) is 91.9 Å². The minimum Gasteiger partial charge on any atom is -0.481 e. The van der Waals surface area contributed by atoms with Crippen LogP contribution in [0.4, 0.5) is 0 Å². The van der Waals surface area contributed by atoms with Crippen LogP contribution >= 0.6 is 0 Å². The lowest BCUT2D eigenvalue weighted by molar-refractivity contribution is -0.164. The topological polar surface area (TPSA) is 63.6 Å². The minimum absolute atomic E-state index is 0.0534. The number of rotatable bonds is 17. The summed E-state index contributed by atoms with van der Waals surface area (Å²) in [6, 6.07) is 0. The van der Waals surface area contributed by atoms with E-state index in [1.165, 1.54) is 51.4 Å². The van der Waals surface area contributed by atoms with Crippen LogP contribution in [0.2, 0.25) is 0 Å². The SMILES string of the molecule is CC(C)CCCCCCCCCCC(CCC(C)C)OC(=O)C1CCCCC1C(=O)O. The van der Waals surface area contributed by atoms with Crippen molar-refractivity contribution < 1.29 is 19.4 Å². The highest BCUT2D eigenvalue weighted by molar-refractivity contribution is 5.81. The smallest absolute Gasteiger partial charge is 0.310 e. The van der Waals surface area contributed by atoms with E-state index in [9.17, 15) is 14.7 Å². The van der Waals surface area contributed by atoms with Gasteiger partial charge in [-0.15, -0.1) is 0 Å². The fraction of sp³-hybridized carbons (Fsp3) is 0.926. The molecule has 0 radical (unpaired) electrons. The molecule has 3 unspecified atom stereocenters. The number of carboxylic acids is 1. The van der Waals surface area contributed by atoms with E-state index in [-0.39, 0.29) is 12.1 Å². The van der Waals surface area contributed by atoms with Crippen LogP contribution in [0.25, 0.3) is 0 Å². The molecule has 0 aliphatic heterocycles. The molecule has 4 heteroatoms. The fourth-order valence-corrected chi connectivity index (χ4v) is 4.73. The summed E-state index contributed by atoms with van der Waals surface area (Å²) in [7, 11) is 0. The number of hydrogen-bond acceptors (Lipinski definition) is 3. The molecular formula is C27H50O4. The van der Waals surface area contributed by atoms with Gasteiger partial charge in [0.25, 0.3) is 0 Å². The van der Waals surface area contributed by atoms with Crippen LogP contribution in [0.5, 0.6) is 0 Å². The Kier molecular flexibility index (Phi) is 14.9. The zero-order chi connectivity index (χ0) is 23.1. The molecule has 0 aromatic carbocycles. The maximum atomic E-state index is 12.8. The van der Waals surface area contributed by atoms with Crippen molar-refractivity contribution in [1.82, 2.24) is 0 Å². The Labute approximate surface area is 191 Å². The maximum absolute atomic E-state index is 12.8. The number of carboxylic acid groups (broad SMARTS) is 1. The van der Waals surface area contributed by atoms with Gasteiger partial charge in [0.15, 0.2) is 0 Å². The van der Waals surface area contributed by atoms with Gasteiger partial charge in [0.2, 0.25) is 0 Å². The maximum Gasteiger partial charge on any atom is 0.310 e. The number of hydrogen-bond donors (Lipinski definition) is 1. The van der Waals surface area contributed by atoms with E-state index in [1.807, 2.05) is 0 Å². The van der Waals surface area contributed by atoms with Crippen molar-refractivity contribution in [3.63, 3.8) is 0 Å². The third kappa shape index (κ3) is 13.2. The van der Waals surface area contributed by atoms with E-state index in [1.54, 1.807) is 0 Å². The van der Waals surface area contributed by atoms with Crippen molar-refractivity contribution >= 4 is 11.9 Å². The van der Waals surface area contributed by atoms with Gasteiger partial charge >= 0.3 is 11.9 Å². The molecule has 1 aliphatic carbocycles. The summed E-state index contributed by atoms with van der Waals surface area (Å²) in [6.45, 7) is 8.99. The summed E-state index contributed by atoms with van der Waals surface area (Å²) in [5.41, 5.74) is 0. The second-order valence-electron chi connectivity index (χ2n) is 10.7. The number of unbranched alkanes of at least 4 members (excludes halogenated alkanes) is 7. The first-order chi connectivity index (χ1) is 14.8. The number of aliphatic carboxylic acids is 1. The van der Waals surface area contributed by atoms with E-state index in [0.717, 1.165) is 44.4 Å². The zero-order valence-electron chi connectivity index (χ0n) is 20.9. The van der Waals surface area contributed by atoms with Crippen LogP contribution < -0.4 is 0 Å². The lowest BCUT2D eigenvalue weighted by Gasteiger charge is -2.29. The molecule has 1 fully saturated rings. The monoisotopic (exact) mass is 438 g/mol. The predicted molar refractivity (Wildman–Crippen MR) is 128 cm³/mol. The Balaban J connectivity index is 2.32. The molecule has 0 heterocycles. The molecule has 0 bridgehead atoms. The number of ether oxygens (including phenoxy) is 1. The predicted octanol–water partition coefficient (Wildman–Crippen LogP) is 7.78. The summed E-state index contributed by atoms with van der Waals surface area (Å²) < 4.78 is 5.91. The van der Waals surface area contributed by atoms with Crippen molar-refractivity contribution in [2.24, 2.45) is 23.7 Å². The highest BCUT2D eigenvalue weighted by atomic mass is 16.5. The van der Waals surface area contributed by atoms with Crippen LogP contribution in [0, 0.1) is 23.7 Å². The van der Waals surface area contributed by atoms with Crippen LogP contribution in [-0.4, -0.2) is 23.1 Å². The van der Waals surface area contributed by atoms with Gasteiger partial charge in [-0.05, 0) is 50.4 Å². The molecule has 1 N–H and O–H groups in total. The molecule has 0 aromatic rings. The Hall–Kier alpha value is -1.06. The first-order valence-corrected chi connectivity index (χ1v) is 13.2. The fourth-order valence-electron chi connectivity index (χ4n) is 4.73. The van der Waals surface area contributed by atoms with E-state index >= 15 is 0 Å². The van der Waals surface area contributed by atoms with Crippen molar-refractivity contribution in [1.29, 1.82) is 0 Å². The van der Waals surface area contributed by atoms with Crippen molar-refractivity contribution in [3.8, 4) is 0 Å². The van der Waals surface area contributed by atoms with E-state index < -0.39 is 17.8 Å². The normalized spacial score (nSPS) is 20.2. The Bertz CT molecular complexity index is 486. The molecule has 0 aromatic heterocycles. The quantitative estimate of drug-likeness (QED) is 0.186. The van der Waals surface area contributed by atoms with Gasteiger partial charge in [-0.25, -0.2) is 0 Å². The lowest BCUT2D eigenvalue weighted by Crippen LogP contribution is -2.35. The molecular weight excluding hydrogens is 388 g/mol. The average molecular weight is 439 g/mol. The standard InChI is InChI=1S/C27H50O4/c1-21(2)15-11-9-7-5-6-8-10-12-16-23(20-19-22(3)4)31-27(30)25-18-14-13-17-24(25)26(28)29/h21-25H,5-20H2,1-4H3,(H,28,29). The van der Waals surface area contributed by atoms with Gasteiger partial charge in [-0.2, -0.15) is 0 Å². The van der Waals surface area contributed by atoms with Crippen LogP contribution in [0.15, 0.2) is 0 Å². The zero-order valence-corrected chi connectivity index (χ0v) is 20.9. The minimum atomic E-state index is -0.843. The van der Waals surface area contributed by atoms with Crippen LogP contribution in [-0.2, 0) is 14.3 Å². The largest absolute Gasteiger partial charge is 0.481 e. The van der Waals surface area contributed by atoms with Gasteiger partial charge in [0, 0.05) is 0 Å². The number of esters is 1. The molecule has 182 valence electrons. The van der Waals surface area contributed by atoms with E-state index in [2.05, 4.69) is 27.7 Å². The Morgan fingerprint density at radius 2 is 1.19 bits per heavy atom. The molecule has 4 nitrogen and oxygen atoms in total. The number of carbonyl (C=O) groups is 2. The highest BCUT2D eigenvalue weighted by Gasteiger charge is 2.37. The lowest BCUT2D eigenvalue weighted by atomic mass is 9.79. The average Bonchev–Trinajstić information content (AvgIpc) is 2.72. The molecule has 31 heavy (non-hydrogen) atoms. The van der Waals surface area contributed by atoms with E-state index in [0.29, 0.717) is 18.8 Å². The third-order valence-electron chi connectivity index (χ3n) is 6.79. The van der Waals surface area contributed by atoms with Gasteiger partial charge in [-0.3, -0.25) is 9.59 Å². The van der Waals surface area contributed by atoms with E-state index in [4.69, 9.17) is 4.74 Å². The van der Waals surface area contributed by atoms with Crippen molar-refractivity contribution in [3.05, 3.63) is 0 Å². The Morgan fingerprint density at radius 3 is 1.71 bits per heavy atom.